The Morgan fingerprint density at radius 2 is 2.28 bits per heavy atom. The number of carbonyl (C=O) groups is 1. The molecule has 5 heteroatoms. The number of nitrogens with one attached hydrogen (secondary N) is 1. The third-order valence-electron chi connectivity index (χ3n) is 3.22. The first-order valence-corrected chi connectivity index (χ1v) is 7.65. The van der Waals surface area contributed by atoms with Crippen molar-refractivity contribution in [3.63, 3.8) is 0 Å². The summed E-state index contributed by atoms with van der Waals surface area (Å²) in [6.07, 6.45) is 4.04. The van der Waals surface area contributed by atoms with E-state index in [9.17, 15) is 4.79 Å². The monoisotopic (exact) mass is 275 g/mol. The first-order valence-electron chi connectivity index (χ1n) is 6.60. The number of thioether (sulfide) groups is 1. The lowest BCUT2D eigenvalue weighted by Crippen LogP contribution is -2.51. The minimum absolute atomic E-state index is 0.172. The first kappa shape index (κ1) is 15.8. The van der Waals surface area contributed by atoms with Gasteiger partial charge in [0.25, 0.3) is 0 Å². The van der Waals surface area contributed by atoms with E-state index in [0.29, 0.717) is 6.04 Å². The number of hydrogen-bond acceptors (Lipinski definition) is 5. The summed E-state index contributed by atoms with van der Waals surface area (Å²) < 4.78 is 4.90. The summed E-state index contributed by atoms with van der Waals surface area (Å²) in [6, 6.07) is 0.484. The Morgan fingerprint density at radius 1 is 1.61 bits per heavy atom. The van der Waals surface area contributed by atoms with Crippen molar-refractivity contribution in [1.29, 1.82) is 0 Å². The van der Waals surface area contributed by atoms with E-state index in [1.54, 1.807) is 11.8 Å². The van der Waals surface area contributed by atoms with Gasteiger partial charge >= 0.3 is 5.97 Å². The molecule has 1 aliphatic carbocycles. The van der Waals surface area contributed by atoms with Gasteiger partial charge in [-0.3, -0.25) is 10.1 Å². The smallest absolute Gasteiger partial charge is 0.325 e. The van der Waals surface area contributed by atoms with E-state index in [1.165, 1.54) is 7.11 Å². The van der Waals surface area contributed by atoms with Gasteiger partial charge in [-0.25, -0.2) is 0 Å². The van der Waals surface area contributed by atoms with Crippen LogP contribution in [0.4, 0.5) is 0 Å². The number of hydrogen-bond donors (Lipinski definition) is 2. The van der Waals surface area contributed by atoms with Crippen LogP contribution in [0.1, 0.15) is 39.5 Å². The van der Waals surface area contributed by atoms with E-state index in [1.807, 2.05) is 13.8 Å². The highest BCUT2D eigenvalue weighted by atomic mass is 32.2. The fraction of sp³-hybridized carbons (Fsp3) is 0.923. The molecule has 106 valence electrons. The molecule has 0 aromatic carbocycles. The molecule has 2 unspecified atom stereocenters. The van der Waals surface area contributed by atoms with Crippen LogP contribution in [0.2, 0.25) is 0 Å². The fourth-order valence-corrected chi connectivity index (χ4v) is 2.72. The molecule has 1 saturated carbocycles. The highest BCUT2D eigenvalue weighted by Gasteiger charge is 2.38. The van der Waals surface area contributed by atoms with Crippen LogP contribution in [0.15, 0.2) is 0 Å². The topological polar surface area (TPSA) is 58.6 Å². The van der Waals surface area contributed by atoms with Crippen molar-refractivity contribution >= 4 is 17.7 Å². The van der Waals surface area contributed by atoms with Crippen molar-refractivity contribution in [1.82, 2.24) is 5.32 Å². The Bertz CT molecular complexity index is 271. The molecule has 0 aromatic heterocycles. The van der Waals surface area contributed by atoms with Gasteiger partial charge in [-0.05, 0) is 38.4 Å². The second kappa shape index (κ2) is 7.36. The predicted octanol–water partition coefficient (Wildman–Crippen LogP) is 1.56. The standard InChI is InChI=1S/C13H25NO3S/c1-10(9-15)18-8-4-7-13(2,12(16)17-3)14-11-5-6-11/h10-11,14-15H,4-9H2,1-3H3. The van der Waals surface area contributed by atoms with Crippen LogP contribution in [0.3, 0.4) is 0 Å². The molecular weight excluding hydrogens is 250 g/mol. The second-order valence-corrected chi connectivity index (χ2v) is 6.76. The van der Waals surface area contributed by atoms with Gasteiger partial charge in [-0.15, -0.1) is 0 Å². The van der Waals surface area contributed by atoms with Crippen molar-refractivity contribution in [3.8, 4) is 0 Å². The van der Waals surface area contributed by atoms with Gasteiger partial charge in [0.15, 0.2) is 0 Å². The average molecular weight is 275 g/mol. The summed E-state index contributed by atoms with van der Waals surface area (Å²) in [5.41, 5.74) is -0.557. The molecule has 0 saturated heterocycles. The maximum Gasteiger partial charge on any atom is 0.325 e. The third-order valence-corrected chi connectivity index (χ3v) is 4.46. The molecule has 2 atom stereocenters. The Labute approximate surface area is 114 Å². The number of esters is 1. The van der Waals surface area contributed by atoms with Crippen LogP contribution in [0.5, 0.6) is 0 Å². The van der Waals surface area contributed by atoms with Crippen LogP contribution >= 0.6 is 11.8 Å². The normalized spacial score (nSPS) is 20.2. The lowest BCUT2D eigenvalue weighted by atomic mass is 9.96. The molecule has 0 amide bonds. The number of rotatable bonds is 9. The molecule has 0 heterocycles. The molecule has 0 radical (unpaired) electrons. The van der Waals surface area contributed by atoms with Crippen LogP contribution in [0.25, 0.3) is 0 Å². The fourth-order valence-electron chi connectivity index (χ4n) is 1.90. The molecule has 0 spiro atoms. The van der Waals surface area contributed by atoms with E-state index < -0.39 is 5.54 Å². The van der Waals surface area contributed by atoms with Crippen LogP contribution in [0, 0.1) is 0 Å². The van der Waals surface area contributed by atoms with Gasteiger partial charge in [-0.1, -0.05) is 6.92 Å². The van der Waals surface area contributed by atoms with Crippen molar-refractivity contribution < 1.29 is 14.6 Å². The van der Waals surface area contributed by atoms with E-state index in [-0.39, 0.29) is 17.8 Å². The zero-order chi connectivity index (χ0) is 13.6. The Kier molecular flexibility index (Phi) is 6.46. The van der Waals surface area contributed by atoms with E-state index in [0.717, 1.165) is 31.4 Å². The van der Waals surface area contributed by atoms with Crippen LogP contribution < -0.4 is 5.32 Å². The molecule has 0 aromatic rings. The Hall–Kier alpha value is -0.260. The number of aliphatic hydroxyl groups excluding tert-OH is 1. The van der Waals surface area contributed by atoms with Crippen LogP contribution in [-0.2, 0) is 9.53 Å². The van der Waals surface area contributed by atoms with Crippen molar-refractivity contribution in [2.24, 2.45) is 0 Å². The summed E-state index contributed by atoms with van der Waals surface area (Å²) in [5, 5.41) is 12.6. The molecule has 0 bridgehead atoms. The van der Waals surface area contributed by atoms with Gasteiger partial charge in [0.05, 0.1) is 13.7 Å². The molecule has 1 rings (SSSR count). The number of ether oxygens (including phenoxy) is 1. The molecule has 0 aliphatic heterocycles. The van der Waals surface area contributed by atoms with Crippen LogP contribution in [-0.4, -0.2) is 47.4 Å². The molecular formula is C13H25NO3S. The van der Waals surface area contributed by atoms with Gasteiger partial charge in [0.2, 0.25) is 0 Å². The van der Waals surface area contributed by atoms with E-state index in [4.69, 9.17) is 9.84 Å². The minimum atomic E-state index is -0.557. The molecule has 18 heavy (non-hydrogen) atoms. The number of methoxy groups -OCH3 is 1. The zero-order valence-electron chi connectivity index (χ0n) is 11.6. The Balaban J connectivity index is 2.33. The molecule has 1 fully saturated rings. The van der Waals surface area contributed by atoms with Gasteiger partial charge in [0, 0.05) is 11.3 Å². The zero-order valence-corrected chi connectivity index (χ0v) is 12.4. The quantitative estimate of drug-likeness (QED) is 0.494. The van der Waals surface area contributed by atoms with Gasteiger partial charge in [0.1, 0.15) is 5.54 Å². The summed E-state index contributed by atoms with van der Waals surface area (Å²) in [7, 11) is 1.44. The van der Waals surface area contributed by atoms with E-state index >= 15 is 0 Å². The van der Waals surface area contributed by atoms with Crippen molar-refractivity contribution in [3.05, 3.63) is 0 Å². The number of carbonyl (C=O) groups excluding carboxylic acids is 1. The molecule has 2 N–H and O–H groups in total. The Morgan fingerprint density at radius 3 is 2.78 bits per heavy atom. The molecule has 1 aliphatic rings. The summed E-state index contributed by atoms with van der Waals surface area (Å²) in [4.78, 5) is 11.8. The van der Waals surface area contributed by atoms with Gasteiger partial charge in [-0.2, -0.15) is 11.8 Å². The maximum absolute atomic E-state index is 11.8. The van der Waals surface area contributed by atoms with Crippen molar-refractivity contribution in [2.75, 3.05) is 19.5 Å². The van der Waals surface area contributed by atoms with Gasteiger partial charge < -0.3 is 9.84 Å². The largest absolute Gasteiger partial charge is 0.468 e. The predicted molar refractivity (Wildman–Crippen MR) is 74.8 cm³/mol. The van der Waals surface area contributed by atoms with Crippen molar-refractivity contribution in [2.45, 2.75) is 56.4 Å². The minimum Gasteiger partial charge on any atom is -0.468 e. The SMILES string of the molecule is COC(=O)C(C)(CCCSC(C)CO)NC1CC1. The number of aliphatic hydroxyl groups is 1. The second-order valence-electron chi connectivity index (χ2n) is 5.21. The summed E-state index contributed by atoms with van der Waals surface area (Å²) in [6.45, 7) is 4.14. The molecule has 4 nitrogen and oxygen atoms in total. The summed E-state index contributed by atoms with van der Waals surface area (Å²) >= 11 is 1.74. The highest BCUT2D eigenvalue weighted by molar-refractivity contribution is 7.99. The lowest BCUT2D eigenvalue weighted by Gasteiger charge is -2.28. The maximum atomic E-state index is 11.8. The average Bonchev–Trinajstić information content (AvgIpc) is 3.16. The van der Waals surface area contributed by atoms with E-state index in [2.05, 4.69) is 5.32 Å². The highest BCUT2D eigenvalue weighted by Crippen LogP contribution is 2.26. The lowest BCUT2D eigenvalue weighted by molar-refractivity contribution is -0.148. The third kappa shape index (κ3) is 5.16. The summed E-state index contributed by atoms with van der Waals surface area (Å²) in [5.74, 6) is 0.787. The first-order chi connectivity index (χ1) is 8.51.